The predicted molar refractivity (Wildman–Crippen MR) is 161 cm³/mol. The molecule has 214 valence electrons. The van der Waals surface area contributed by atoms with Crippen molar-refractivity contribution in [1.29, 1.82) is 0 Å². The summed E-state index contributed by atoms with van der Waals surface area (Å²) in [6.45, 7) is 36.1. The van der Waals surface area contributed by atoms with E-state index in [-0.39, 0.29) is 27.3 Å². The minimum atomic E-state index is 0.00410. The van der Waals surface area contributed by atoms with Crippen molar-refractivity contribution in [3.8, 4) is 0 Å². The van der Waals surface area contributed by atoms with Crippen LogP contribution in [0.15, 0.2) is 18.3 Å². The first-order valence-electron chi connectivity index (χ1n) is 14.6. The molecule has 0 radical (unpaired) electrons. The molecule has 0 atom stereocenters. The van der Waals surface area contributed by atoms with E-state index in [1.165, 1.54) is 17.7 Å². The standard InChI is InChI=1S/C33H61N3O/c1-28(2,3)22-32(10,11)35-17-19-36(20-18-35)33(12,13)24-31(8,9)27-16-15-26(21-34-27)30(6,7)23-29(4,5)25-37-14/h15-16,21H,17-20,22-25H2,1-14H3. The molecule has 0 saturated carbocycles. The summed E-state index contributed by atoms with van der Waals surface area (Å²) in [5.41, 5.74) is 3.40. The lowest BCUT2D eigenvalue weighted by molar-refractivity contribution is -0.0127. The Morgan fingerprint density at radius 2 is 1.16 bits per heavy atom. The Balaban J connectivity index is 2.07. The molecule has 1 aliphatic rings. The van der Waals surface area contributed by atoms with Crippen LogP contribution in [0.5, 0.6) is 0 Å². The minimum absolute atomic E-state index is 0.00410. The number of piperazine rings is 1. The smallest absolute Gasteiger partial charge is 0.0513 e. The van der Waals surface area contributed by atoms with Crippen molar-refractivity contribution in [2.75, 3.05) is 39.9 Å². The summed E-state index contributed by atoms with van der Waals surface area (Å²) in [6.07, 6.45) is 5.49. The fraction of sp³-hybridized carbons (Fsp3) is 0.848. The van der Waals surface area contributed by atoms with Crippen molar-refractivity contribution < 1.29 is 4.74 Å². The van der Waals surface area contributed by atoms with E-state index < -0.39 is 0 Å². The van der Waals surface area contributed by atoms with Gasteiger partial charge in [0.05, 0.1) is 6.61 Å². The molecule has 1 aliphatic heterocycles. The van der Waals surface area contributed by atoms with Crippen LogP contribution in [0.25, 0.3) is 0 Å². The van der Waals surface area contributed by atoms with Gasteiger partial charge in [0.25, 0.3) is 0 Å². The van der Waals surface area contributed by atoms with Gasteiger partial charge in [0.1, 0.15) is 0 Å². The Labute approximate surface area is 230 Å². The van der Waals surface area contributed by atoms with Gasteiger partial charge in [0, 0.05) is 61.7 Å². The van der Waals surface area contributed by atoms with Crippen LogP contribution in [0.3, 0.4) is 0 Å². The first kappa shape index (κ1) is 32.2. The molecule has 1 saturated heterocycles. The van der Waals surface area contributed by atoms with Gasteiger partial charge < -0.3 is 4.74 Å². The van der Waals surface area contributed by atoms with E-state index in [1.807, 2.05) is 0 Å². The number of aromatic nitrogens is 1. The van der Waals surface area contributed by atoms with E-state index >= 15 is 0 Å². The highest BCUT2D eigenvalue weighted by atomic mass is 16.5. The number of hydrogen-bond acceptors (Lipinski definition) is 4. The van der Waals surface area contributed by atoms with E-state index in [9.17, 15) is 0 Å². The summed E-state index contributed by atoms with van der Waals surface area (Å²) in [7, 11) is 1.79. The van der Waals surface area contributed by atoms with E-state index in [0.717, 1.165) is 45.6 Å². The van der Waals surface area contributed by atoms with Gasteiger partial charge in [-0.3, -0.25) is 14.8 Å². The lowest BCUT2D eigenvalue weighted by Gasteiger charge is -2.51. The van der Waals surface area contributed by atoms with Crippen molar-refractivity contribution in [2.45, 2.75) is 131 Å². The maximum Gasteiger partial charge on any atom is 0.0513 e. The average molecular weight is 516 g/mol. The molecule has 37 heavy (non-hydrogen) atoms. The number of pyridine rings is 1. The first-order valence-corrected chi connectivity index (χ1v) is 14.6. The van der Waals surface area contributed by atoms with Crippen LogP contribution in [-0.2, 0) is 15.6 Å². The van der Waals surface area contributed by atoms with Gasteiger partial charge in [-0.2, -0.15) is 0 Å². The molecule has 0 aliphatic carbocycles. The van der Waals surface area contributed by atoms with Crippen LogP contribution in [0.1, 0.15) is 121 Å². The molecule has 1 aromatic heterocycles. The van der Waals surface area contributed by atoms with E-state index in [1.54, 1.807) is 7.11 Å². The lowest BCUT2D eigenvalue weighted by Crippen LogP contribution is -2.60. The Morgan fingerprint density at radius 3 is 1.57 bits per heavy atom. The average Bonchev–Trinajstić information content (AvgIpc) is 2.70. The van der Waals surface area contributed by atoms with E-state index in [4.69, 9.17) is 9.72 Å². The Kier molecular flexibility index (Phi) is 9.81. The third kappa shape index (κ3) is 9.04. The quantitative estimate of drug-likeness (QED) is 0.302. The molecule has 4 heteroatoms. The molecule has 1 fully saturated rings. The Hall–Kier alpha value is -0.970. The van der Waals surface area contributed by atoms with Gasteiger partial charge in [0.15, 0.2) is 0 Å². The lowest BCUT2D eigenvalue weighted by atomic mass is 9.71. The van der Waals surface area contributed by atoms with E-state index in [2.05, 4.69) is 118 Å². The molecule has 0 bridgehead atoms. The number of ether oxygens (including phenoxy) is 1. The van der Waals surface area contributed by atoms with Gasteiger partial charge in [-0.15, -0.1) is 0 Å². The monoisotopic (exact) mass is 515 g/mol. The number of methoxy groups -OCH3 is 1. The normalized spacial score (nSPS) is 17.9. The third-order valence-electron chi connectivity index (χ3n) is 8.52. The zero-order chi connectivity index (χ0) is 28.5. The molecule has 0 unspecified atom stereocenters. The number of hydrogen-bond donors (Lipinski definition) is 0. The van der Waals surface area contributed by atoms with Gasteiger partial charge in [-0.05, 0) is 74.8 Å². The van der Waals surface area contributed by atoms with Gasteiger partial charge in [0.2, 0.25) is 0 Å². The predicted octanol–water partition coefficient (Wildman–Crippen LogP) is 7.70. The summed E-state index contributed by atoms with van der Waals surface area (Å²) < 4.78 is 5.47. The van der Waals surface area contributed by atoms with Crippen LogP contribution < -0.4 is 0 Å². The molecule has 0 aromatic carbocycles. The number of rotatable bonds is 11. The topological polar surface area (TPSA) is 28.6 Å². The summed E-state index contributed by atoms with van der Waals surface area (Å²) >= 11 is 0. The minimum Gasteiger partial charge on any atom is -0.384 e. The highest BCUT2D eigenvalue weighted by Gasteiger charge is 2.40. The zero-order valence-electron chi connectivity index (χ0n) is 27.1. The first-order chi connectivity index (χ1) is 16.6. The molecule has 0 amide bonds. The van der Waals surface area contributed by atoms with Crippen molar-refractivity contribution in [3.63, 3.8) is 0 Å². The van der Waals surface area contributed by atoms with Crippen molar-refractivity contribution >= 4 is 0 Å². The Bertz CT molecular complexity index is 851. The summed E-state index contributed by atoms with van der Waals surface area (Å²) in [6, 6.07) is 4.60. The van der Waals surface area contributed by atoms with Crippen LogP contribution in [-0.4, -0.2) is 65.8 Å². The Morgan fingerprint density at radius 1 is 0.676 bits per heavy atom. The highest BCUT2D eigenvalue weighted by Crippen LogP contribution is 2.39. The van der Waals surface area contributed by atoms with Crippen molar-refractivity contribution in [1.82, 2.24) is 14.8 Å². The van der Waals surface area contributed by atoms with Gasteiger partial charge in [-0.1, -0.05) is 68.4 Å². The zero-order valence-corrected chi connectivity index (χ0v) is 27.1. The number of nitrogens with zero attached hydrogens (tertiary/aromatic N) is 3. The van der Waals surface area contributed by atoms with Gasteiger partial charge >= 0.3 is 0 Å². The SMILES string of the molecule is COCC(C)(C)CC(C)(C)c1ccc(C(C)(C)CC(C)(C)N2CCN(C(C)(C)CC(C)(C)C)CC2)nc1. The molecule has 0 N–H and O–H groups in total. The second-order valence-corrected chi connectivity index (χ2v) is 16.5. The molecule has 1 aromatic rings. The maximum atomic E-state index is 5.47. The molecule has 2 heterocycles. The van der Waals surface area contributed by atoms with Gasteiger partial charge in [-0.25, -0.2) is 0 Å². The third-order valence-corrected chi connectivity index (χ3v) is 8.52. The summed E-state index contributed by atoms with van der Waals surface area (Å²) in [5, 5.41) is 0. The van der Waals surface area contributed by atoms with Crippen molar-refractivity contribution in [3.05, 3.63) is 29.6 Å². The maximum absolute atomic E-state index is 5.47. The second kappa shape index (κ2) is 11.3. The molecule has 2 rings (SSSR count). The van der Waals surface area contributed by atoms with Crippen LogP contribution in [0, 0.1) is 10.8 Å². The van der Waals surface area contributed by atoms with Crippen LogP contribution in [0.4, 0.5) is 0 Å². The molecule has 4 nitrogen and oxygen atoms in total. The summed E-state index contributed by atoms with van der Waals surface area (Å²) in [5.74, 6) is 0. The van der Waals surface area contributed by atoms with Crippen LogP contribution >= 0.6 is 0 Å². The molecular weight excluding hydrogens is 454 g/mol. The summed E-state index contributed by atoms with van der Waals surface area (Å²) in [4.78, 5) is 10.5. The molecular formula is C33H61N3O. The second-order valence-electron chi connectivity index (χ2n) is 16.5. The van der Waals surface area contributed by atoms with E-state index in [0.29, 0.717) is 5.41 Å². The molecule has 0 spiro atoms. The fourth-order valence-corrected chi connectivity index (χ4v) is 7.55. The fourth-order valence-electron chi connectivity index (χ4n) is 7.55. The highest BCUT2D eigenvalue weighted by molar-refractivity contribution is 5.26. The van der Waals surface area contributed by atoms with Crippen molar-refractivity contribution in [2.24, 2.45) is 10.8 Å². The van der Waals surface area contributed by atoms with Crippen LogP contribution in [0.2, 0.25) is 0 Å². The largest absolute Gasteiger partial charge is 0.384 e.